The second-order valence-corrected chi connectivity index (χ2v) is 3.93. The van der Waals surface area contributed by atoms with Crippen LogP contribution < -0.4 is 5.32 Å². The molecule has 3 heteroatoms. The van der Waals surface area contributed by atoms with Crippen LogP contribution >= 0.6 is 0 Å². The first kappa shape index (κ1) is 13.4. The fraction of sp³-hybridized carbons (Fsp3) is 0.909. The van der Waals surface area contributed by atoms with Crippen molar-refractivity contribution in [1.29, 1.82) is 0 Å². The molecule has 1 N–H and O–H groups in total. The number of carbonyl (C=O) groups excluding carboxylic acids is 1. The lowest BCUT2D eigenvalue weighted by Gasteiger charge is -2.16. The Hall–Kier alpha value is -0.570. The molecule has 0 aliphatic heterocycles. The van der Waals surface area contributed by atoms with Crippen LogP contribution in [-0.2, 0) is 9.53 Å². The summed E-state index contributed by atoms with van der Waals surface area (Å²) in [5.41, 5.74) is 0. The van der Waals surface area contributed by atoms with E-state index in [1.807, 2.05) is 0 Å². The highest BCUT2D eigenvalue weighted by molar-refractivity contribution is 5.69. The second kappa shape index (κ2) is 7.80. The van der Waals surface area contributed by atoms with E-state index in [0.717, 1.165) is 12.3 Å². The van der Waals surface area contributed by atoms with Crippen LogP contribution in [0.2, 0.25) is 0 Å². The third kappa shape index (κ3) is 6.89. The summed E-state index contributed by atoms with van der Waals surface area (Å²) in [4.78, 5) is 10.8. The third-order valence-electron chi connectivity index (χ3n) is 2.50. The van der Waals surface area contributed by atoms with Gasteiger partial charge in [0.2, 0.25) is 0 Å². The second-order valence-electron chi connectivity index (χ2n) is 3.93. The molecule has 84 valence electrons. The third-order valence-corrected chi connectivity index (χ3v) is 2.50. The van der Waals surface area contributed by atoms with Gasteiger partial charge in [0.1, 0.15) is 0 Å². The fourth-order valence-corrected chi connectivity index (χ4v) is 1.38. The summed E-state index contributed by atoms with van der Waals surface area (Å²) < 4.78 is 4.56. The number of ether oxygens (including phenoxy) is 1. The Kier molecular flexibility index (Phi) is 7.48. The van der Waals surface area contributed by atoms with Gasteiger partial charge < -0.3 is 10.1 Å². The molecule has 14 heavy (non-hydrogen) atoms. The number of hydrogen-bond acceptors (Lipinski definition) is 3. The van der Waals surface area contributed by atoms with Crippen LogP contribution in [0, 0.1) is 5.92 Å². The number of nitrogens with one attached hydrogen (secondary N) is 1. The minimum absolute atomic E-state index is 0.145. The standard InChI is InChI=1S/C11H23NO2/c1-5-9(2)8-10(3)12-7-6-11(13)14-4/h9-10,12H,5-8H2,1-4H3. The van der Waals surface area contributed by atoms with Gasteiger partial charge in [0, 0.05) is 12.6 Å². The largest absolute Gasteiger partial charge is 0.469 e. The Labute approximate surface area is 87.2 Å². The summed E-state index contributed by atoms with van der Waals surface area (Å²) in [6.07, 6.45) is 2.84. The highest BCUT2D eigenvalue weighted by Crippen LogP contribution is 2.09. The highest BCUT2D eigenvalue weighted by Gasteiger charge is 2.07. The summed E-state index contributed by atoms with van der Waals surface area (Å²) in [5, 5.41) is 3.31. The molecule has 0 aliphatic carbocycles. The van der Waals surface area contributed by atoms with E-state index in [9.17, 15) is 4.79 Å². The molecule has 2 unspecified atom stereocenters. The van der Waals surface area contributed by atoms with E-state index in [0.29, 0.717) is 19.0 Å². The van der Waals surface area contributed by atoms with Crippen LogP contribution in [0.1, 0.15) is 40.0 Å². The number of rotatable bonds is 7. The lowest BCUT2D eigenvalue weighted by molar-refractivity contribution is -0.140. The average molecular weight is 201 g/mol. The van der Waals surface area contributed by atoms with Gasteiger partial charge >= 0.3 is 5.97 Å². The normalized spacial score (nSPS) is 14.9. The quantitative estimate of drug-likeness (QED) is 0.640. The minimum atomic E-state index is -0.145. The van der Waals surface area contributed by atoms with Crippen LogP contribution in [0.3, 0.4) is 0 Å². The maximum Gasteiger partial charge on any atom is 0.306 e. The Morgan fingerprint density at radius 1 is 1.43 bits per heavy atom. The van der Waals surface area contributed by atoms with E-state index < -0.39 is 0 Å². The van der Waals surface area contributed by atoms with E-state index in [2.05, 4.69) is 30.8 Å². The van der Waals surface area contributed by atoms with Gasteiger partial charge in [0.25, 0.3) is 0 Å². The van der Waals surface area contributed by atoms with Crippen molar-refractivity contribution in [3.8, 4) is 0 Å². The Morgan fingerprint density at radius 2 is 2.07 bits per heavy atom. The van der Waals surface area contributed by atoms with Crippen molar-refractivity contribution in [2.45, 2.75) is 46.1 Å². The Morgan fingerprint density at radius 3 is 2.57 bits per heavy atom. The molecule has 0 saturated carbocycles. The molecule has 3 nitrogen and oxygen atoms in total. The zero-order chi connectivity index (χ0) is 11.0. The van der Waals surface area contributed by atoms with Crippen LogP contribution in [-0.4, -0.2) is 25.7 Å². The molecule has 0 bridgehead atoms. The van der Waals surface area contributed by atoms with Crippen molar-refractivity contribution in [1.82, 2.24) is 5.32 Å². The number of methoxy groups -OCH3 is 1. The van der Waals surface area contributed by atoms with Gasteiger partial charge in [-0.3, -0.25) is 4.79 Å². The predicted molar refractivity (Wildman–Crippen MR) is 58.2 cm³/mol. The summed E-state index contributed by atoms with van der Waals surface area (Å²) in [6.45, 7) is 7.32. The molecule has 0 aromatic rings. The summed E-state index contributed by atoms with van der Waals surface area (Å²) in [5.74, 6) is 0.601. The number of esters is 1. The van der Waals surface area contributed by atoms with Crippen molar-refractivity contribution in [3.05, 3.63) is 0 Å². The number of carbonyl (C=O) groups is 1. The molecule has 2 atom stereocenters. The topological polar surface area (TPSA) is 38.3 Å². The van der Waals surface area contributed by atoms with Crippen molar-refractivity contribution in [2.24, 2.45) is 5.92 Å². The maximum absolute atomic E-state index is 10.8. The molecule has 0 aliphatic rings. The first-order valence-corrected chi connectivity index (χ1v) is 5.40. The summed E-state index contributed by atoms with van der Waals surface area (Å²) >= 11 is 0. The SMILES string of the molecule is CCC(C)CC(C)NCCC(=O)OC. The average Bonchev–Trinajstić information content (AvgIpc) is 2.17. The van der Waals surface area contributed by atoms with Crippen LogP contribution in [0.5, 0.6) is 0 Å². The first-order valence-electron chi connectivity index (χ1n) is 5.40. The summed E-state index contributed by atoms with van der Waals surface area (Å²) in [7, 11) is 1.42. The minimum Gasteiger partial charge on any atom is -0.469 e. The van der Waals surface area contributed by atoms with E-state index in [-0.39, 0.29) is 5.97 Å². The predicted octanol–water partition coefficient (Wildman–Crippen LogP) is 1.96. The highest BCUT2D eigenvalue weighted by atomic mass is 16.5. The lowest BCUT2D eigenvalue weighted by atomic mass is 10.0. The van der Waals surface area contributed by atoms with Crippen molar-refractivity contribution in [3.63, 3.8) is 0 Å². The smallest absolute Gasteiger partial charge is 0.306 e. The van der Waals surface area contributed by atoms with Gasteiger partial charge in [-0.25, -0.2) is 0 Å². The molecule has 0 aromatic carbocycles. The molecule has 0 aromatic heterocycles. The number of hydrogen-bond donors (Lipinski definition) is 1. The van der Waals surface area contributed by atoms with Gasteiger partial charge in [0.15, 0.2) is 0 Å². The van der Waals surface area contributed by atoms with Gasteiger partial charge in [-0.1, -0.05) is 20.3 Å². The monoisotopic (exact) mass is 201 g/mol. The van der Waals surface area contributed by atoms with Crippen LogP contribution in [0.25, 0.3) is 0 Å². The molecule has 0 fully saturated rings. The van der Waals surface area contributed by atoms with Crippen molar-refractivity contribution < 1.29 is 9.53 Å². The van der Waals surface area contributed by atoms with Crippen LogP contribution in [0.15, 0.2) is 0 Å². The molecule has 0 spiro atoms. The van der Waals surface area contributed by atoms with Gasteiger partial charge in [-0.2, -0.15) is 0 Å². The zero-order valence-electron chi connectivity index (χ0n) is 9.80. The van der Waals surface area contributed by atoms with Crippen molar-refractivity contribution >= 4 is 5.97 Å². The van der Waals surface area contributed by atoms with E-state index in [1.54, 1.807) is 0 Å². The Balaban J connectivity index is 3.44. The van der Waals surface area contributed by atoms with E-state index in [4.69, 9.17) is 0 Å². The molecule has 0 saturated heterocycles. The molecule has 0 rings (SSSR count). The molecule has 0 heterocycles. The van der Waals surface area contributed by atoms with Crippen molar-refractivity contribution in [2.75, 3.05) is 13.7 Å². The van der Waals surface area contributed by atoms with Gasteiger partial charge in [0.05, 0.1) is 13.5 Å². The fourth-order valence-electron chi connectivity index (χ4n) is 1.38. The van der Waals surface area contributed by atoms with Gasteiger partial charge in [-0.05, 0) is 19.3 Å². The molecular formula is C11H23NO2. The molecule has 0 amide bonds. The molecular weight excluding hydrogens is 178 g/mol. The van der Waals surface area contributed by atoms with Crippen LogP contribution in [0.4, 0.5) is 0 Å². The molecule has 0 radical (unpaired) electrons. The maximum atomic E-state index is 10.8. The zero-order valence-corrected chi connectivity index (χ0v) is 9.80. The van der Waals surface area contributed by atoms with E-state index >= 15 is 0 Å². The first-order chi connectivity index (χ1) is 6.60. The summed E-state index contributed by atoms with van der Waals surface area (Å²) in [6, 6.07) is 0.481. The van der Waals surface area contributed by atoms with E-state index in [1.165, 1.54) is 13.5 Å². The lowest BCUT2D eigenvalue weighted by Crippen LogP contribution is -2.30. The Bertz CT molecular complexity index is 159. The van der Waals surface area contributed by atoms with Gasteiger partial charge in [-0.15, -0.1) is 0 Å².